The zero-order chi connectivity index (χ0) is 56.2. The fraction of sp³-hybridized carbons (Fsp3) is 0.644. The van der Waals surface area contributed by atoms with Gasteiger partial charge in [0.05, 0.1) is 6.61 Å². The highest BCUT2D eigenvalue weighted by Gasteiger charge is 2.16. The van der Waals surface area contributed by atoms with Crippen LogP contribution in [-0.4, -0.2) is 36.4 Å². The van der Waals surface area contributed by atoms with E-state index in [0.717, 1.165) is 122 Å². The van der Waals surface area contributed by atoms with Gasteiger partial charge in [-0.2, -0.15) is 0 Å². The molecule has 0 aromatic rings. The second-order valence-corrected chi connectivity index (χ2v) is 21.1. The smallest absolute Gasteiger partial charge is 0.306 e. The Balaban J connectivity index is 3.52. The first kappa shape index (κ1) is 73.8. The van der Waals surface area contributed by atoms with Crippen LogP contribution in [0, 0.1) is 0 Å². The summed E-state index contributed by atoms with van der Waals surface area (Å²) >= 11 is 0. The van der Waals surface area contributed by atoms with Crippen molar-refractivity contribution >= 4 is 11.9 Å². The molecule has 0 bridgehead atoms. The molecule has 0 aromatic heterocycles. The van der Waals surface area contributed by atoms with E-state index in [1.807, 2.05) is 0 Å². The van der Waals surface area contributed by atoms with Gasteiger partial charge in [0.25, 0.3) is 0 Å². The highest BCUT2D eigenvalue weighted by molar-refractivity contribution is 5.70. The average Bonchev–Trinajstić information content (AvgIpc) is 3.44. The molecule has 0 rings (SSSR count). The molecule has 0 saturated heterocycles. The zero-order valence-corrected chi connectivity index (χ0v) is 50.6. The van der Waals surface area contributed by atoms with Crippen LogP contribution in [0.1, 0.15) is 284 Å². The predicted octanol–water partition coefficient (Wildman–Crippen LogP) is 22.5. The lowest BCUT2D eigenvalue weighted by molar-refractivity contribution is -0.161. The second kappa shape index (κ2) is 67.1. The number of carbonyl (C=O) groups excluding carboxylic acids is 2. The summed E-state index contributed by atoms with van der Waals surface area (Å²) in [7, 11) is 0. The molecule has 1 unspecified atom stereocenters. The normalized spacial score (nSPS) is 13.2. The van der Waals surface area contributed by atoms with E-state index in [1.165, 1.54) is 135 Å². The van der Waals surface area contributed by atoms with Gasteiger partial charge in [-0.05, 0) is 116 Å². The Morgan fingerprint density at radius 1 is 0.295 bits per heavy atom. The minimum atomic E-state index is -0.786. The number of aliphatic hydroxyl groups is 1. The maximum atomic E-state index is 12.3. The van der Waals surface area contributed by atoms with Crippen LogP contribution in [0.5, 0.6) is 0 Å². The average molecular weight is 1080 g/mol. The molecular weight excluding hydrogens is 957 g/mol. The Labute approximate surface area is 482 Å². The van der Waals surface area contributed by atoms with E-state index in [-0.39, 0.29) is 25.2 Å². The Morgan fingerprint density at radius 2 is 0.513 bits per heavy atom. The highest BCUT2D eigenvalue weighted by Crippen LogP contribution is 2.16. The largest absolute Gasteiger partial charge is 0.462 e. The number of hydrogen-bond donors (Lipinski definition) is 1. The van der Waals surface area contributed by atoms with Crippen LogP contribution in [0.2, 0.25) is 0 Å². The molecule has 0 aliphatic heterocycles. The monoisotopic (exact) mass is 1080 g/mol. The summed E-state index contributed by atoms with van der Waals surface area (Å²) in [5.41, 5.74) is 0. The van der Waals surface area contributed by atoms with Crippen molar-refractivity contribution in [3.8, 4) is 0 Å². The van der Waals surface area contributed by atoms with Gasteiger partial charge in [-0.3, -0.25) is 9.59 Å². The van der Waals surface area contributed by atoms with Crippen molar-refractivity contribution in [3.63, 3.8) is 0 Å². The fourth-order valence-electron chi connectivity index (χ4n) is 8.86. The number of rotatable bonds is 58. The Morgan fingerprint density at radius 3 is 0.769 bits per heavy atom. The quantitative estimate of drug-likeness (QED) is 0.0373. The molecule has 0 aliphatic rings. The Bertz CT molecular complexity index is 1650. The number of allylic oxidation sites excluding steroid dienone is 24. The number of hydrogen-bond acceptors (Lipinski definition) is 5. The first-order valence-electron chi connectivity index (χ1n) is 32.4. The third-order valence-electron chi connectivity index (χ3n) is 13.6. The third-order valence-corrected chi connectivity index (χ3v) is 13.6. The lowest BCUT2D eigenvalue weighted by Gasteiger charge is -2.15. The summed E-state index contributed by atoms with van der Waals surface area (Å²) < 4.78 is 10.7. The summed E-state index contributed by atoms with van der Waals surface area (Å²) in [5, 5.41) is 9.69. The Kier molecular flexibility index (Phi) is 63.4. The summed E-state index contributed by atoms with van der Waals surface area (Å²) in [6.07, 6.45) is 101. The van der Waals surface area contributed by atoms with Gasteiger partial charge in [0.2, 0.25) is 0 Å². The van der Waals surface area contributed by atoms with Crippen LogP contribution in [0.15, 0.2) is 146 Å². The first-order valence-corrected chi connectivity index (χ1v) is 32.4. The van der Waals surface area contributed by atoms with Crippen molar-refractivity contribution < 1.29 is 24.2 Å². The van der Waals surface area contributed by atoms with E-state index in [9.17, 15) is 14.7 Å². The summed E-state index contributed by atoms with van der Waals surface area (Å²) in [4.78, 5) is 24.6. The van der Waals surface area contributed by atoms with Gasteiger partial charge in [0.15, 0.2) is 6.10 Å². The van der Waals surface area contributed by atoms with Crippen molar-refractivity contribution in [3.05, 3.63) is 146 Å². The predicted molar refractivity (Wildman–Crippen MR) is 343 cm³/mol. The van der Waals surface area contributed by atoms with Gasteiger partial charge in [0, 0.05) is 12.8 Å². The van der Waals surface area contributed by atoms with Crippen molar-refractivity contribution in [1.29, 1.82) is 0 Å². The van der Waals surface area contributed by atoms with E-state index in [2.05, 4.69) is 160 Å². The standard InChI is InChI=1S/C73H120O5/c1-3-5-7-9-11-13-15-17-19-21-23-25-27-29-31-33-35-36-38-39-41-43-45-47-49-51-53-55-57-59-61-63-65-67-72(75)77-70-71(69-74)78-73(76)68-66-64-62-60-58-56-54-52-50-48-46-44-42-40-37-34-32-30-28-26-24-22-20-18-16-14-12-10-8-6-4-2/h5-8,11-14,17-20,23-26,29-32,37,40,44,46,71,74H,3-4,9-10,15-16,21-22,27-28,33-36,38-39,41-43,45,47-70H2,1-2H3/b7-5-,8-6-,13-11-,14-12-,19-17-,20-18-,25-23-,26-24-,31-29-,32-30-,40-37-,46-44-. The molecular formula is C73H120O5. The number of unbranched alkanes of at least 4 members (excludes halogenated alkanes) is 26. The molecule has 0 aromatic carbocycles. The van der Waals surface area contributed by atoms with Crippen LogP contribution < -0.4 is 0 Å². The molecule has 0 amide bonds. The van der Waals surface area contributed by atoms with Crippen LogP contribution in [0.3, 0.4) is 0 Å². The molecule has 0 saturated carbocycles. The second-order valence-electron chi connectivity index (χ2n) is 21.1. The van der Waals surface area contributed by atoms with Gasteiger partial charge in [-0.15, -0.1) is 0 Å². The molecule has 0 aliphatic carbocycles. The summed E-state index contributed by atoms with van der Waals surface area (Å²) in [5.74, 6) is -0.598. The van der Waals surface area contributed by atoms with Gasteiger partial charge < -0.3 is 14.6 Å². The van der Waals surface area contributed by atoms with Crippen molar-refractivity contribution in [2.45, 2.75) is 290 Å². The molecule has 0 heterocycles. The highest BCUT2D eigenvalue weighted by atomic mass is 16.6. The molecule has 0 radical (unpaired) electrons. The number of carbonyl (C=O) groups is 2. The fourth-order valence-corrected chi connectivity index (χ4v) is 8.86. The van der Waals surface area contributed by atoms with Gasteiger partial charge >= 0.3 is 11.9 Å². The molecule has 1 N–H and O–H groups in total. The molecule has 1 atom stereocenters. The van der Waals surface area contributed by atoms with Gasteiger partial charge in [0.1, 0.15) is 6.61 Å². The minimum Gasteiger partial charge on any atom is -0.462 e. The van der Waals surface area contributed by atoms with Crippen LogP contribution in [0.25, 0.3) is 0 Å². The third kappa shape index (κ3) is 64.3. The molecule has 0 spiro atoms. The molecule has 78 heavy (non-hydrogen) atoms. The molecule has 0 fully saturated rings. The molecule has 5 heteroatoms. The maximum absolute atomic E-state index is 12.3. The van der Waals surface area contributed by atoms with E-state index < -0.39 is 6.10 Å². The van der Waals surface area contributed by atoms with Crippen molar-refractivity contribution in [2.75, 3.05) is 13.2 Å². The number of esters is 2. The van der Waals surface area contributed by atoms with Gasteiger partial charge in [-0.1, -0.05) is 301 Å². The van der Waals surface area contributed by atoms with Crippen molar-refractivity contribution in [1.82, 2.24) is 0 Å². The SMILES string of the molecule is CC/C=C\C/C=C\C/C=C\C/C=C\C/C=C\C/C=C\C/C=C\CCCCCCCCCCCC(=O)OC(CO)COC(=O)CCCCCCCCCCCCCCCCCCC/C=C\C/C=C\C/C=C\C/C=C\C/C=C\CC. The molecule has 442 valence electrons. The van der Waals surface area contributed by atoms with Crippen LogP contribution in [-0.2, 0) is 19.1 Å². The summed E-state index contributed by atoms with van der Waals surface area (Å²) in [6.45, 7) is 3.92. The maximum Gasteiger partial charge on any atom is 0.306 e. The summed E-state index contributed by atoms with van der Waals surface area (Å²) in [6, 6.07) is 0. The number of ether oxygens (including phenoxy) is 2. The van der Waals surface area contributed by atoms with Crippen molar-refractivity contribution in [2.24, 2.45) is 0 Å². The van der Waals surface area contributed by atoms with E-state index >= 15 is 0 Å². The number of aliphatic hydroxyl groups excluding tert-OH is 1. The Hall–Kier alpha value is -4.22. The lowest BCUT2D eigenvalue weighted by Crippen LogP contribution is -2.28. The van der Waals surface area contributed by atoms with E-state index in [4.69, 9.17) is 9.47 Å². The lowest BCUT2D eigenvalue weighted by atomic mass is 10.0. The zero-order valence-electron chi connectivity index (χ0n) is 50.6. The molecule has 5 nitrogen and oxygen atoms in total. The van der Waals surface area contributed by atoms with Crippen LogP contribution >= 0.6 is 0 Å². The first-order chi connectivity index (χ1) is 38.6. The minimum absolute atomic E-state index is 0.0743. The van der Waals surface area contributed by atoms with Crippen LogP contribution in [0.4, 0.5) is 0 Å². The van der Waals surface area contributed by atoms with E-state index in [0.29, 0.717) is 12.8 Å². The topological polar surface area (TPSA) is 72.8 Å². The van der Waals surface area contributed by atoms with E-state index in [1.54, 1.807) is 0 Å². The van der Waals surface area contributed by atoms with Gasteiger partial charge in [-0.25, -0.2) is 0 Å².